The molecule has 1 fully saturated rings. The Morgan fingerprint density at radius 1 is 1.32 bits per heavy atom. The number of aliphatic hydroxyl groups excluding tert-OH is 1. The molecule has 1 aromatic carbocycles. The van der Waals surface area contributed by atoms with Gasteiger partial charge in [0.15, 0.2) is 0 Å². The second kappa shape index (κ2) is 6.92. The van der Waals surface area contributed by atoms with Crippen LogP contribution in [0.25, 0.3) is 0 Å². The fourth-order valence-corrected chi connectivity index (χ4v) is 2.72. The van der Waals surface area contributed by atoms with Gasteiger partial charge in [-0.15, -0.1) is 0 Å². The Morgan fingerprint density at radius 2 is 2.05 bits per heavy atom. The molecule has 3 nitrogen and oxygen atoms in total. The molecule has 3 heteroatoms. The molecule has 1 saturated heterocycles. The normalized spacial score (nSPS) is 20.0. The number of nitrogens with one attached hydrogen (secondary N) is 1. The second-order valence-corrected chi connectivity index (χ2v) is 5.71. The number of nitrogens with zero attached hydrogens (tertiary/aromatic N) is 1. The van der Waals surface area contributed by atoms with E-state index < -0.39 is 0 Å². The van der Waals surface area contributed by atoms with Crippen molar-refractivity contribution in [3.05, 3.63) is 29.8 Å². The monoisotopic (exact) mass is 262 g/mol. The highest BCUT2D eigenvalue weighted by molar-refractivity contribution is 5.48. The highest BCUT2D eigenvalue weighted by atomic mass is 16.3. The Balaban J connectivity index is 1.96. The van der Waals surface area contributed by atoms with Gasteiger partial charge in [-0.1, -0.05) is 26.0 Å². The third kappa shape index (κ3) is 3.95. The molecule has 0 saturated carbocycles. The molecule has 1 atom stereocenters. The zero-order chi connectivity index (χ0) is 13.7. The van der Waals surface area contributed by atoms with Crippen LogP contribution in [0.4, 0.5) is 5.69 Å². The summed E-state index contributed by atoms with van der Waals surface area (Å²) in [6.45, 7) is 7.55. The summed E-state index contributed by atoms with van der Waals surface area (Å²) in [4.78, 5) is 2.45. The fraction of sp³-hybridized carbons (Fsp3) is 0.625. The average Bonchev–Trinajstić information content (AvgIpc) is 2.45. The zero-order valence-corrected chi connectivity index (χ0v) is 12.1. The summed E-state index contributed by atoms with van der Waals surface area (Å²) in [6.07, 6.45) is 2.43. The summed E-state index contributed by atoms with van der Waals surface area (Å²) in [5.41, 5.74) is 2.72. The van der Waals surface area contributed by atoms with E-state index in [-0.39, 0.29) is 6.61 Å². The molecule has 0 aromatic heterocycles. The maximum atomic E-state index is 8.89. The predicted molar refractivity (Wildman–Crippen MR) is 80.9 cm³/mol. The smallest absolute Gasteiger partial charge is 0.0556 e. The first-order valence-electron chi connectivity index (χ1n) is 7.40. The summed E-state index contributed by atoms with van der Waals surface area (Å²) < 4.78 is 0. The van der Waals surface area contributed by atoms with Crippen molar-refractivity contribution in [1.29, 1.82) is 0 Å². The first kappa shape index (κ1) is 14.4. The van der Waals surface area contributed by atoms with Crippen LogP contribution in [0.3, 0.4) is 0 Å². The Hall–Kier alpha value is -1.06. The van der Waals surface area contributed by atoms with Crippen molar-refractivity contribution in [2.75, 3.05) is 31.1 Å². The van der Waals surface area contributed by atoms with E-state index in [2.05, 4.69) is 48.3 Å². The van der Waals surface area contributed by atoms with E-state index in [1.165, 1.54) is 24.1 Å². The summed E-state index contributed by atoms with van der Waals surface area (Å²) in [7, 11) is 0. The van der Waals surface area contributed by atoms with Crippen molar-refractivity contribution in [2.24, 2.45) is 0 Å². The highest BCUT2D eigenvalue weighted by Gasteiger charge is 2.19. The van der Waals surface area contributed by atoms with Gasteiger partial charge in [-0.05, 0) is 36.5 Å². The van der Waals surface area contributed by atoms with Crippen LogP contribution >= 0.6 is 0 Å². The van der Waals surface area contributed by atoms with Crippen molar-refractivity contribution in [3.63, 3.8) is 0 Å². The van der Waals surface area contributed by atoms with Gasteiger partial charge in [0.1, 0.15) is 0 Å². The quantitative estimate of drug-likeness (QED) is 0.855. The lowest BCUT2D eigenvalue weighted by Gasteiger charge is -2.35. The molecule has 19 heavy (non-hydrogen) atoms. The molecule has 106 valence electrons. The molecule has 1 heterocycles. The summed E-state index contributed by atoms with van der Waals surface area (Å²) in [6, 6.07) is 9.47. The molecule has 0 spiro atoms. The van der Waals surface area contributed by atoms with E-state index in [4.69, 9.17) is 5.11 Å². The Bertz CT molecular complexity index is 375. The highest BCUT2D eigenvalue weighted by Crippen LogP contribution is 2.23. The average molecular weight is 262 g/mol. The fourth-order valence-electron chi connectivity index (χ4n) is 2.72. The molecular weight excluding hydrogens is 236 g/mol. The lowest BCUT2D eigenvalue weighted by Crippen LogP contribution is -2.46. The van der Waals surface area contributed by atoms with Crippen LogP contribution < -0.4 is 10.2 Å². The van der Waals surface area contributed by atoms with Gasteiger partial charge in [0.2, 0.25) is 0 Å². The molecule has 1 unspecified atom stereocenters. The number of piperidine rings is 1. The van der Waals surface area contributed by atoms with Crippen molar-refractivity contribution < 1.29 is 5.11 Å². The predicted octanol–water partition coefficient (Wildman–Crippen LogP) is 2.36. The van der Waals surface area contributed by atoms with E-state index >= 15 is 0 Å². The van der Waals surface area contributed by atoms with Crippen LogP contribution in [0.15, 0.2) is 24.3 Å². The van der Waals surface area contributed by atoms with Crippen molar-refractivity contribution in [2.45, 2.75) is 38.6 Å². The van der Waals surface area contributed by atoms with Crippen molar-refractivity contribution >= 4 is 5.69 Å². The van der Waals surface area contributed by atoms with Gasteiger partial charge in [0.25, 0.3) is 0 Å². The second-order valence-electron chi connectivity index (χ2n) is 5.71. The molecule has 2 N–H and O–H groups in total. The molecule has 1 aliphatic rings. The van der Waals surface area contributed by atoms with Crippen molar-refractivity contribution in [3.8, 4) is 0 Å². The first-order valence-corrected chi connectivity index (χ1v) is 7.40. The zero-order valence-electron chi connectivity index (χ0n) is 12.1. The van der Waals surface area contributed by atoms with Crippen LogP contribution in [0.1, 0.15) is 38.2 Å². The van der Waals surface area contributed by atoms with Crippen molar-refractivity contribution in [1.82, 2.24) is 5.32 Å². The minimum Gasteiger partial charge on any atom is -0.395 e. The van der Waals surface area contributed by atoms with Gasteiger partial charge in [-0.2, -0.15) is 0 Å². The number of benzene rings is 1. The number of aliphatic hydroxyl groups is 1. The Labute approximate surface area is 116 Å². The summed E-state index contributed by atoms with van der Waals surface area (Å²) >= 11 is 0. The maximum absolute atomic E-state index is 8.89. The topological polar surface area (TPSA) is 35.5 Å². The third-order valence-electron chi connectivity index (χ3n) is 3.89. The van der Waals surface area contributed by atoms with E-state index in [0.717, 1.165) is 13.1 Å². The Kier molecular flexibility index (Phi) is 5.23. The summed E-state index contributed by atoms with van der Waals surface area (Å²) in [5.74, 6) is 0.592. The molecule has 0 radical (unpaired) electrons. The molecule has 1 aliphatic heterocycles. The molecule has 0 bridgehead atoms. The maximum Gasteiger partial charge on any atom is 0.0556 e. The number of hydrogen-bond acceptors (Lipinski definition) is 3. The third-order valence-corrected chi connectivity index (χ3v) is 3.89. The van der Waals surface area contributed by atoms with Gasteiger partial charge >= 0.3 is 0 Å². The number of hydrogen-bond donors (Lipinski definition) is 2. The Morgan fingerprint density at radius 3 is 2.68 bits per heavy atom. The van der Waals surface area contributed by atoms with Crippen LogP contribution in [-0.2, 0) is 0 Å². The molecule has 0 amide bonds. The van der Waals surface area contributed by atoms with Crippen LogP contribution in [0.2, 0.25) is 0 Å². The van der Waals surface area contributed by atoms with E-state index in [0.29, 0.717) is 18.5 Å². The van der Waals surface area contributed by atoms with Crippen LogP contribution in [0.5, 0.6) is 0 Å². The van der Waals surface area contributed by atoms with E-state index in [1.807, 2.05) is 0 Å². The molecule has 0 aliphatic carbocycles. The van der Waals surface area contributed by atoms with Crippen LogP contribution in [-0.4, -0.2) is 37.4 Å². The van der Waals surface area contributed by atoms with E-state index in [1.54, 1.807) is 0 Å². The van der Waals surface area contributed by atoms with E-state index in [9.17, 15) is 0 Å². The molecule has 2 rings (SSSR count). The lowest BCUT2D eigenvalue weighted by atomic mass is 10.0. The van der Waals surface area contributed by atoms with Gasteiger partial charge in [0.05, 0.1) is 6.61 Å². The minimum absolute atomic E-state index is 0.222. The molecule has 1 aromatic rings. The summed E-state index contributed by atoms with van der Waals surface area (Å²) in [5, 5.41) is 12.3. The number of rotatable bonds is 5. The van der Waals surface area contributed by atoms with Crippen LogP contribution in [0, 0.1) is 0 Å². The SMILES string of the molecule is CC(C)c1ccc(N2CCCC(NCCO)C2)cc1. The van der Waals surface area contributed by atoms with Gasteiger partial charge < -0.3 is 15.3 Å². The first-order chi connectivity index (χ1) is 9.20. The van der Waals surface area contributed by atoms with Gasteiger partial charge in [-0.3, -0.25) is 0 Å². The van der Waals surface area contributed by atoms with Gasteiger partial charge in [0, 0.05) is 31.4 Å². The standard InChI is InChI=1S/C16H26N2O/c1-13(2)14-5-7-16(8-6-14)18-10-3-4-15(12-18)17-9-11-19/h5-8,13,15,17,19H,3-4,9-12H2,1-2H3. The van der Waals surface area contributed by atoms with Gasteiger partial charge in [-0.25, -0.2) is 0 Å². The lowest BCUT2D eigenvalue weighted by molar-refractivity contribution is 0.278. The number of anilines is 1. The molecular formula is C16H26N2O. The largest absolute Gasteiger partial charge is 0.395 e. The minimum atomic E-state index is 0.222.